The van der Waals surface area contributed by atoms with E-state index in [1.54, 1.807) is 11.3 Å². The Morgan fingerprint density at radius 3 is 2.82 bits per heavy atom. The van der Waals surface area contributed by atoms with Gasteiger partial charge in [0, 0.05) is 30.3 Å². The summed E-state index contributed by atoms with van der Waals surface area (Å²) in [6, 6.07) is 10.1. The topological polar surface area (TPSA) is 82.2 Å². The molecule has 0 fully saturated rings. The minimum absolute atomic E-state index is 0. The van der Waals surface area contributed by atoms with Gasteiger partial charge in [-0.3, -0.25) is 9.69 Å². The van der Waals surface area contributed by atoms with E-state index in [0.29, 0.717) is 12.4 Å². The van der Waals surface area contributed by atoms with Gasteiger partial charge in [0.2, 0.25) is 0 Å². The summed E-state index contributed by atoms with van der Waals surface area (Å²) in [6.45, 7) is 2.53. The molecule has 1 aliphatic rings. The first-order valence-electron chi connectivity index (χ1n) is 8.33. The zero-order valence-electron chi connectivity index (χ0n) is 15.4. The van der Waals surface area contributed by atoms with Crippen LogP contribution in [0.3, 0.4) is 0 Å². The van der Waals surface area contributed by atoms with Gasteiger partial charge in [0.25, 0.3) is 0 Å². The van der Waals surface area contributed by atoms with Crippen LogP contribution in [-0.2, 0) is 4.79 Å². The number of nitrogens with zero attached hydrogens (tertiary/aromatic N) is 3. The number of anilines is 1. The van der Waals surface area contributed by atoms with Crippen molar-refractivity contribution in [2.24, 2.45) is 10.7 Å². The van der Waals surface area contributed by atoms with Crippen molar-refractivity contribution in [2.45, 2.75) is 4.90 Å². The molecule has 10 heteroatoms. The number of carboxylic acid groups (broad SMARTS) is 1. The Labute approximate surface area is 185 Å². The Bertz CT molecular complexity index is 803. The Balaban J connectivity index is 0.00000196. The molecule has 3 rings (SSSR count). The maximum Gasteiger partial charge on any atom is 0.317 e. The van der Waals surface area contributed by atoms with Crippen LogP contribution in [0.25, 0.3) is 0 Å². The quantitative estimate of drug-likeness (QED) is 0.483. The van der Waals surface area contributed by atoms with Gasteiger partial charge in [-0.2, -0.15) is 0 Å². The van der Waals surface area contributed by atoms with Crippen molar-refractivity contribution >= 4 is 71.1 Å². The van der Waals surface area contributed by atoms with E-state index in [1.807, 2.05) is 47.3 Å². The number of thioether (sulfide) groups is 1. The van der Waals surface area contributed by atoms with E-state index in [2.05, 4.69) is 22.0 Å². The monoisotopic (exact) mass is 462 g/mol. The highest BCUT2D eigenvalue weighted by Gasteiger charge is 2.18. The SMILES string of the molecule is CN(CCN1CCSc2cc(N=C(N)c3cccs3)ccc21)CC(=O)O.Cl.Cl. The average molecular weight is 463 g/mol. The molecule has 0 bridgehead atoms. The number of benzene rings is 1. The van der Waals surface area contributed by atoms with Gasteiger partial charge in [-0.05, 0) is 36.7 Å². The highest BCUT2D eigenvalue weighted by molar-refractivity contribution is 7.99. The van der Waals surface area contributed by atoms with Gasteiger partial charge in [-0.25, -0.2) is 4.99 Å². The van der Waals surface area contributed by atoms with Crippen molar-refractivity contribution < 1.29 is 9.90 Å². The molecule has 0 saturated carbocycles. The Hall–Kier alpha value is -1.45. The van der Waals surface area contributed by atoms with Gasteiger partial charge < -0.3 is 15.7 Å². The lowest BCUT2D eigenvalue weighted by atomic mass is 10.2. The molecule has 2 heterocycles. The number of hydrogen-bond donors (Lipinski definition) is 2. The van der Waals surface area contributed by atoms with Crippen molar-refractivity contribution in [1.82, 2.24) is 4.90 Å². The molecule has 0 atom stereocenters. The molecular formula is C18H24Cl2N4O2S2. The number of halogens is 2. The third kappa shape index (κ3) is 6.56. The third-order valence-corrected chi connectivity index (χ3v) is 6.00. The second kappa shape index (κ2) is 11.5. The lowest BCUT2D eigenvalue weighted by Crippen LogP contribution is -2.38. The molecule has 6 nitrogen and oxygen atoms in total. The zero-order chi connectivity index (χ0) is 18.5. The van der Waals surface area contributed by atoms with Crippen molar-refractivity contribution in [2.75, 3.05) is 43.9 Å². The van der Waals surface area contributed by atoms with Crippen LogP contribution in [-0.4, -0.2) is 60.8 Å². The minimum Gasteiger partial charge on any atom is -0.480 e. The fraction of sp³-hybridized carbons (Fsp3) is 0.333. The normalized spacial score (nSPS) is 13.5. The van der Waals surface area contributed by atoms with Crippen LogP contribution in [0.5, 0.6) is 0 Å². The van der Waals surface area contributed by atoms with Gasteiger partial charge in [-0.15, -0.1) is 47.9 Å². The maximum absolute atomic E-state index is 10.8. The second-order valence-electron chi connectivity index (χ2n) is 6.09. The van der Waals surface area contributed by atoms with Crippen molar-refractivity contribution in [1.29, 1.82) is 0 Å². The number of carboxylic acids is 1. The number of nitrogens with two attached hydrogens (primary N) is 1. The Kier molecular flexibility index (Phi) is 10.1. The molecule has 0 spiro atoms. The van der Waals surface area contributed by atoms with E-state index >= 15 is 0 Å². The predicted octanol–water partition coefficient (Wildman–Crippen LogP) is 3.56. The summed E-state index contributed by atoms with van der Waals surface area (Å²) in [5, 5.41) is 10.9. The molecule has 154 valence electrons. The van der Waals surface area contributed by atoms with E-state index in [0.717, 1.165) is 29.4 Å². The smallest absolute Gasteiger partial charge is 0.317 e. The molecule has 0 saturated heterocycles. The van der Waals surface area contributed by atoms with Gasteiger partial charge in [-0.1, -0.05) is 6.07 Å². The maximum atomic E-state index is 10.8. The van der Waals surface area contributed by atoms with Crippen LogP contribution in [0.15, 0.2) is 45.6 Å². The largest absolute Gasteiger partial charge is 0.480 e. The lowest BCUT2D eigenvalue weighted by Gasteiger charge is -2.32. The van der Waals surface area contributed by atoms with Crippen LogP contribution in [0.2, 0.25) is 0 Å². The summed E-state index contributed by atoms with van der Waals surface area (Å²) in [7, 11) is 1.83. The van der Waals surface area contributed by atoms with E-state index in [-0.39, 0.29) is 31.4 Å². The summed E-state index contributed by atoms with van der Waals surface area (Å²) < 4.78 is 0. The Morgan fingerprint density at radius 2 is 2.14 bits per heavy atom. The van der Waals surface area contributed by atoms with E-state index in [4.69, 9.17) is 10.8 Å². The van der Waals surface area contributed by atoms with Gasteiger partial charge in [0.1, 0.15) is 5.84 Å². The number of hydrogen-bond acceptors (Lipinski definition) is 6. The van der Waals surface area contributed by atoms with Gasteiger partial charge in [0.15, 0.2) is 0 Å². The number of likely N-dealkylation sites (N-methyl/N-ethyl adjacent to an activating group) is 1. The van der Waals surface area contributed by atoms with E-state index in [9.17, 15) is 4.79 Å². The molecule has 2 aromatic rings. The zero-order valence-corrected chi connectivity index (χ0v) is 18.7. The first-order valence-corrected chi connectivity index (χ1v) is 10.2. The van der Waals surface area contributed by atoms with E-state index < -0.39 is 5.97 Å². The number of fused-ring (bicyclic) bond motifs is 1. The molecule has 3 N–H and O–H groups in total. The molecule has 1 aromatic heterocycles. The molecule has 28 heavy (non-hydrogen) atoms. The summed E-state index contributed by atoms with van der Waals surface area (Å²) in [4.78, 5) is 21.6. The fourth-order valence-electron chi connectivity index (χ4n) is 2.79. The predicted molar refractivity (Wildman–Crippen MR) is 124 cm³/mol. The molecule has 1 aliphatic heterocycles. The van der Waals surface area contributed by atoms with Crippen LogP contribution < -0.4 is 10.6 Å². The summed E-state index contributed by atoms with van der Waals surface area (Å²) in [6.07, 6.45) is 0. The number of aliphatic imine (C=N–C) groups is 1. The summed E-state index contributed by atoms with van der Waals surface area (Å²) in [5.41, 5.74) is 8.12. The Morgan fingerprint density at radius 1 is 1.36 bits per heavy atom. The van der Waals surface area contributed by atoms with E-state index in [1.165, 1.54) is 10.6 Å². The molecule has 0 unspecified atom stereocenters. The molecule has 0 aliphatic carbocycles. The van der Waals surface area contributed by atoms with Crippen molar-refractivity contribution in [3.05, 3.63) is 40.6 Å². The van der Waals surface area contributed by atoms with Gasteiger partial charge >= 0.3 is 5.97 Å². The fourth-order valence-corrected chi connectivity index (χ4v) is 4.50. The lowest BCUT2D eigenvalue weighted by molar-refractivity contribution is -0.137. The third-order valence-electron chi connectivity index (χ3n) is 4.08. The number of rotatable bonds is 7. The summed E-state index contributed by atoms with van der Waals surface area (Å²) >= 11 is 3.40. The molecule has 0 radical (unpaired) electrons. The van der Waals surface area contributed by atoms with Crippen molar-refractivity contribution in [3.8, 4) is 0 Å². The average Bonchev–Trinajstić information content (AvgIpc) is 3.14. The highest BCUT2D eigenvalue weighted by atomic mass is 35.5. The van der Waals surface area contributed by atoms with Crippen LogP contribution in [0.1, 0.15) is 4.88 Å². The standard InChI is InChI=1S/C18H22N4O2S2.2ClH/c1-21(12-17(23)24)6-7-22-8-10-26-16-11-13(4-5-14(16)22)20-18(19)15-3-2-9-25-15;;/h2-5,9,11H,6-8,10,12H2,1H3,(H2,19,20)(H,23,24);2*1H. The number of aliphatic carboxylic acids is 1. The molecule has 1 aromatic carbocycles. The number of amidine groups is 1. The van der Waals surface area contributed by atoms with Crippen LogP contribution >= 0.6 is 47.9 Å². The molecule has 0 amide bonds. The second-order valence-corrected chi connectivity index (χ2v) is 8.18. The first-order chi connectivity index (χ1) is 12.5. The number of thiophene rings is 1. The number of carbonyl (C=O) groups is 1. The van der Waals surface area contributed by atoms with Crippen LogP contribution in [0, 0.1) is 0 Å². The summed E-state index contributed by atoms with van der Waals surface area (Å²) in [5.74, 6) is 0.740. The van der Waals surface area contributed by atoms with Crippen LogP contribution in [0.4, 0.5) is 11.4 Å². The van der Waals surface area contributed by atoms with Gasteiger partial charge in [0.05, 0.1) is 22.8 Å². The van der Waals surface area contributed by atoms with Crippen molar-refractivity contribution in [3.63, 3.8) is 0 Å². The molecular weight excluding hydrogens is 439 g/mol. The minimum atomic E-state index is -0.798. The highest BCUT2D eigenvalue weighted by Crippen LogP contribution is 2.37. The first kappa shape index (κ1) is 24.6.